The van der Waals surface area contributed by atoms with Gasteiger partial charge in [0.15, 0.2) is 0 Å². The molecule has 0 amide bonds. The number of halogens is 20. The molecule has 0 aromatic heterocycles. The van der Waals surface area contributed by atoms with Gasteiger partial charge in [-0.2, -0.15) is 79.0 Å². The molecule has 2 N–H and O–H groups in total. The molecule has 422 valence electrons. The monoisotopic (exact) mass is 1130 g/mol. The Morgan fingerprint density at radius 2 is 0.543 bits per heavy atom. The van der Waals surface area contributed by atoms with E-state index in [1.165, 1.54) is 0 Å². The van der Waals surface area contributed by atoms with E-state index in [1.54, 1.807) is 0 Å². The van der Waals surface area contributed by atoms with Gasteiger partial charge in [0.1, 0.15) is 0 Å². The van der Waals surface area contributed by atoms with Crippen LogP contribution < -0.4 is 0 Å². The maximum absolute atomic E-state index is 14.8. The predicted molar refractivity (Wildman–Crippen MR) is 199 cm³/mol. The maximum Gasteiger partial charge on any atom is 0.462 e. The minimum absolute atomic E-state index is 0.00387. The standard InChI is InChI=1S/C34H50F20O14S2/c35-25(67-33(51,52)29(41,42)31(45,46)47)27(37,38)69-21-23(65-19-17-63-15-13-61-11-9-59-7-5-57-3-1-55)24(66-20-18-64-16-14-62-12-10-60-8-6-58-4-2-56)22-70-28(39,40)26(36)68-34(53,54)30(43,44)32(48,49)50/h23-26,55-56H,1-22H2. The number of ether oxygens (including phenoxy) is 12. The molecule has 4 unspecified atom stereocenters. The van der Waals surface area contributed by atoms with Crippen LogP contribution in [-0.4, -0.2) is 226 Å². The van der Waals surface area contributed by atoms with E-state index in [4.69, 9.17) is 57.6 Å². The lowest BCUT2D eigenvalue weighted by molar-refractivity contribution is -0.446. The summed E-state index contributed by atoms with van der Waals surface area (Å²) in [6.45, 7) is -3.41. The van der Waals surface area contributed by atoms with Crippen LogP contribution in [-0.2, 0) is 56.8 Å². The van der Waals surface area contributed by atoms with Crippen LogP contribution in [0.4, 0.5) is 87.8 Å². The maximum atomic E-state index is 14.8. The normalized spacial score (nSPS) is 15.7. The van der Waals surface area contributed by atoms with Crippen LogP contribution in [0.3, 0.4) is 0 Å². The van der Waals surface area contributed by atoms with Crippen LogP contribution in [0.5, 0.6) is 0 Å². The Hall–Kier alpha value is -1.26. The van der Waals surface area contributed by atoms with Crippen molar-refractivity contribution in [1.29, 1.82) is 0 Å². The van der Waals surface area contributed by atoms with Crippen molar-refractivity contribution in [2.75, 3.05) is 144 Å². The number of aliphatic hydroxyl groups excluding tert-OH is 2. The molecule has 0 saturated heterocycles. The van der Waals surface area contributed by atoms with Gasteiger partial charge in [0.25, 0.3) is 12.7 Å². The molecule has 0 heterocycles. The zero-order valence-electron chi connectivity index (χ0n) is 36.0. The van der Waals surface area contributed by atoms with E-state index >= 15 is 0 Å². The first-order chi connectivity index (χ1) is 32.3. The molecule has 0 radical (unpaired) electrons. The fraction of sp³-hybridized carbons (Fsp3) is 1.00. The molecule has 0 rings (SSSR count). The highest BCUT2D eigenvalue weighted by atomic mass is 32.2. The molecule has 0 aliphatic heterocycles. The van der Waals surface area contributed by atoms with Crippen molar-refractivity contribution in [3.8, 4) is 0 Å². The van der Waals surface area contributed by atoms with Crippen molar-refractivity contribution in [2.24, 2.45) is 0 Å². The van der Waals surface area contributed by atoms with Gasteiger partial charge in [0, 0.05) is 11.5 Å². The molecule has 0 aliphatic carbocycles. The number of hydrogen-bond acceptors (Lipinski definition) is 16. The summed E-state index contributed by atoms with van der Waals surface area (Å²) in [6, 6.07) is 0. The Morgan fingerprint density at radius 1 is 0.329 bits per heavy atom. The van der Waals surface area contributed by atoms with Crippen LogP contribution in [0.2, 0.25) is 0 Å². The molecule has 70 heavy (non-hydrogen) atoms. The fourth-order valence-corrected chi connectivity index (χ4v) is 5.84. The predicted octanol–water partition coefficient (Wildman–Crippen LogP) is 6.73. The van der Waals surface area contributed by atoms with Gasteiger partial charge in [-0.25, -0.2) is 8.78 Å². The van der Waals surface area contributed by atoms with Crippen molar-refractivity contribution in [3.05, 3.63) is 0 Å². The summed E-state index contributed by atoms with van der Waals surface area (Å²) >= 11 is -2.53. The van der Waals surface area contributed by atoms with Gasteiger partial charge >= 0.3 is 46.9 Å². The third-order valence-electron chi connectivity index (χ3n) is 7.59. The van der Waals surface area contributed by atoms with E-state index < -0.39 is 133 Å². The largest absolute Gasteiger partial charge is 0.462 e. The molecule has 4 atom stereocenters. The molecule has 0 aromatic rings. The van der Waals surface area contributed by atoms with E-state index in [9.17, 15) is 87.8 Å². The summed E-state index contributed by atoms with van der Waals surface area (Å²) in [6.07, 6.45) is -43.0. The summed E-state index contributed by atoms with van der Waals surface area (Å²) in [5, 5.41) is 6.13. The summed E-state index contributed by atoms with van der Waals surface area (Å²) < 4.78 is 327. The van der Waals surface area contributed by atoms with Crippen LogP contribution in [0.15, 0.2) is 0 Å². The van der Waals surface area contributed by atoms with Crippen LogP contribution >= 0.6 is 23.5 Å². The summed E-state index contributed by atoms with van der Waals surface area (Å²) in [4.78, 5) is 0. The average molecular weight is 1130 g/mol. The van der Waals surface area contributed by atoms with Crippen LogP contribution in [0.1, 0.15) is 0 Å². The first kappa shape index (κ1) is 68.7. The topological polar surface area (TPSA) is 151 Å². The van der Waals surface area contributed by atoms with Gasteiger partial charge in [-0.15, -0.1) is 0 Å². The van der Waals surface area contributed by atoms with E-state index in [0.29, 0.717) is 0 Å². The van der Waals surface area contributed by atoms with Gasteiger partial charge in [0.2, 0.25) is 0 Å². The highest BCUT2D eigenvalue weighted by Gasteiger charge is 2.77. The minimum atomic E-state index is -7.25. The third kappa shape index (κ3) is 26.3. The van der Waals surface area contributed by atoms with Crippen molar-refractivity contribution in [1.82, 2.24) is 0 Å². The van der Waals surface area contributed by atoms with Crippen LogP contribution in [0.25, 0.3) is 0 Å². The molecule has 36 heteroatoms. The van der Waals surface area contributed by atoms with Gasteiger partial charge < -0.3 is 57.6 Å². The molecular formula is C34H50F20O14S2. The highest BCUT2D eigenvalue weighted by molar-refractivity contribution is 8.00. The van der Waals surface area contributed by atoms with Gasteiger partial charge in [-0.3, -0.25) is 9.47 Å². The van der Waals surface area contributed by atoms with Crippen molar-refractivity contribution in [2.45, 2.75) is 71.8 Å². The first-order valence-electron chi connectivity index (χ1n) is 19.7. The van der Waals surface area contributed by atoms with Crippen molar-refractivity contribution < 1.29 is 155 Å². The smallest absolute Gasteiger partial charge is 0.394 e. The number of hydrogen-bond donors (Lipinski definition) is 2. The lowest BCUT2D eigenvalue weighted by Crippen LogP contribution is -2.55. The first-order valence-corrected chi connectivity index (χ1v) is 21.7. The van der Waals surface area contributed by atoms with E-state index in [0.717, 1.165) is 0 Å². The molecule has 0 saturated carbocycles. The lowest BCUT2D eigenvalue weighted by atomic mass is 10.2. The second-order valence-electron chi connectivity index (χ2n) is 13.0. The number of alkyl halides is 20. The second kappa shape index (κ2) is 33.6. The molecule has 0 bridgehead atoms. The Kier molecular flexibility index (Phi) is 33.0. The lowest BCUT2D eigenvalue weighted by Gasteiger charge is -2.33. The number of thioether (sulfide) groups is 2. The zero-order valence-corrected chi connectivity index (χ0v) is 37.7. The van der Waals surface area contributed by atoms with E-state index in [-0.39, 0.29) is 106 Å². The Balaban J connectivity index is 6.17. The molecule has 0 aromatic carbocycles. The Bertz CT molecular complexity index is 1240. The molecule has 0 spiro atoms. The Labute approximate surface area is 393 Å². The average Bonchev–Trinajstić information content (AvgIpc) is 3.24. The fourth-order valence-electron chi connectivity index (χ4n) is 4.09. The van der Waals surface area contributed by atoms with Gasteiger partial charge in [-0.05, 0) is 0 Å². The highest BCUT2D eigenvalue weighted by Crippen LogP contribution is 2.51. The minimum Gasteiger partial charge on any atom is -0.394 e. The summed E-state index contributed by atoms with van der Waals surface area (Å²) in [7, 11) is 0. The van der Waals surface area contributed by atoms with Crippen molar-refractivity contribution in [3.63, 3.8) is 0 Å². The number of rotatable bonds is 45. The third-order valence-corrected chi connectivity index (χ3v) is 9.72. The van der Waals surface area contributed by atoms with Crippen LogP contribution in [0, 0.1) is 0 Å². The molecular weight excluding hydrogens is 1080 g/mol. The van der Waals surface area contributed by atoms with Gasteiger partial charge in [-0.1, -0.05) is 23.5 Å². The zero-order chi connectivity index (χ0) is 53.8. The van der Waals surface area contributed by atoms with Crippen molar-refractivity contribution >= 4 is 23.5 Å². The summed E-state index contributed by atoms with van der Waals surface area (Å²) in [5.74, 6) is -17.8. The number of aliphatic hydroxyl groups is 2. The Morgan fingerprint density at radius 3 is 0.757 bits per heavy atom. The SMILES string of the molecule is OCCOCCOCCOCCOCCOC(CSC(F)(F)C(F)OC(F)(F)C(F)(F)C(F)(F)F)C(CSC(F)(F)C(F)OC(F)(F)C(F)(F)C(F)(F)F)OCCOCCOCCOCCOCCO. The second-order valence-corrected chi connectivity index (χ2v) is 15.3. The molecule has 0 fully saturated rings. The summed E-state index contributed by atoms with van der Waals surface area (Å²) in [5.41, 5.74) is 0. The van der Waals surface area contributed by atoms with Gasteiger partial charge in [0.05, 0.1) is 144 Å². The van der Waals surface area contributed by atoms with E-state index in [1.807, 2.05) is 0 Å². The quantitative estimate of drug-likeness (QED) is 0.0490. The molecule has 14 nitrogen and oxygen atoms in total. The van der Waals surface area contributed by atoms with E-state index in [2.05, 4.69) is 9.47 Å². The molecule has 0 aliphatic rings.